The van der Waals surface area contributed by atoms with Crippen LogP contribution in [0.3, 0.4) is 0 Å². The van der Waals surface area contributed by atoms with Crippen LogP contribution in [-0.2, 0) is 4.79 Å². The van der Waals surface area contributed by atoms with Gasteiger partial charge in [-0.2, -0.15) is 5.26 Å². The quantitative estimate of drug-likeness (QED) is 0.735. The number of carboxylic acid groups (broad SMARTS) is 1. The molecule has 0 aromatic heterocycles. The zero-order valence-corrected chi connectivity index (χ0v) is 7.68. The zero-order valence-electron chi connectivity index (χ0n) is 7.68. The first-order chi connectivity index (χ1) is 6.74. The number of nitrogens with zero attached hydrogens (tertiary/aromatic N) is 1. The molecule has 1 aromatic rings. The third-order valence-corrected chi connectivity index (χ3v) is 1.83. The van der Waals surface area contributed by atoms with Gasteiger partial charge in [0.2, 0.25) is 0 Å². The highest BCUT2D eigenvalue weighted by Gasteiger charge is 2.28. The highest BCUT2D eigenvalue weighted by molar-refractivity contribution is 5.72. The molecule has 72 valence electrons. The van der Waals surface area contributed by atoms with Crippen molar-refractivity contribution in [2.75, 3.05) is 0 Å². The summed E-state index contributed by atoms with van der Waals surface area (Å²) in [7, 11) is 0. The second kappa shape index (κ2) is 5.03. The third-order valence-electron chi connectivity index (χ3n) is 1.83. The van der Waals surface area contributed by atoms with E-state index in [-0.39, 0.29) is 5.92 Å². The summed E-state index contributed by atoms with van der Waals surface area (Å²) in [6, 6.07) is 11.2. The van der Waals surface area contributed by atoms with Crippen molar-refractivity contribution in [3.05, 3.63) is 35.9 Å². The fraction of sp³-hybridized carbons (Fsp3) is 0.273. The van der Waals surface area contributed by atoms with E-state index < -0.39 is 5.97 Å². The van der Waals surface area contributed by atoms with Gasteiger partial charge in [0.25, 0.3) is 0 Å². The number of benzene rings is 1. The molecule has 2 rings (SSSR count). The minimum absolute atomic E-state index is 0.0185. The molecule has 0 radical (unpaired) electrons. The van der Waals surface area contributed by atoms with Crippen molar-refractivity contribution < 1.29 is 9.90 Å². The number of carboxylic acids is 1. The normalized spacial score (nSPS) is 13.4. The summed E-state index contributed by atoms with van der Waals surface area (Å²) in [5.74, 6) is -0.611. The van der Waals surface area contributed by atoms with E-state index >= 15 is 0 Å². The maximum Gasteiger partial charge on any atom is 0.306 e. The SMILES string of the molecule is N#Cc1ccccc1.O=C(O)C1CC1. The minimum Gasteiger partial charge on any atom is -0.481 e. The Morgan fingerprint density at radius 1 is 1.36 bits per heavy atom. The van der Waals surface area contributed by atoms with E-state index in [2.05, 4.69) is 0 Å². The maximum absolute atomic E-state index is 9.76. The number of hydrogen-bond acceptors (Lipinski definition) is 2. The van der Waals surface area contributed by atoms with Crippen LogP contribution in [0.2, 0.25) is 0 Å². The van der Waals surface area contributed by atoms with E-state index in [9.17, 15) is 4.79 Å². The summed E-state index contributed by atoms with van der Waals surface area (Å²) in [5.41, 5.74) is 0.715. The first kappa shape index (κ1) is 10.3. The second-order valence-corrected chi connectivity index (χ2v) is 3.09. The molecule has 0 amide bonds. The molecule has 1 aliphatic rings. The van der Waals surface area contributed by atoms with E-state index in [4.69, 9.17) is 10.4 Å². The molecule has 0 aliphatic heterocycles. The lowest BCUT2D eigenvalue weighted by atomic mass is 10.2. The first-order valence-corrected chi connectivity index (χ1v) is 4.42. The molecule has 0 heterocycles. The molecule has 1 aromatic carbocycles. The largest absolute Gasteiger partial charge is 0.481 e. The Balaban J connectivity index is 0.000000146. The van der Waals surface area contributed by atoms with Crippen LogP contribution in [0.5, 0.6) is 0 Å². The average Bonchev–Trinajstić information content (AvgIpc) is 3.03. The molecular formula is C11H11NO2. The Hall–Kier alpha value is -1.82. The highest BCUT2D eigenvalue weighted by Crippen LogP contribution is 2.28. The molecule has 1 fully saturated rings. The molecular weight excluding hydrogens is 178 g/mol. The van der Waals surface area contributed by atoms with Gasteiger partial charge in [0.15, 0.2) is 0 Å². The van der Waals surface area contributed by atoms with E-state index in [1.807, 2.05) is 24.3 Å². The number of nitriles is 1. The predicted octanol–water partition coefficient (Wildman–Crippen LogP) is 2.04. The average molecular weight is 189 g/mol. The van der Waals surface area contributed by atoms with Crippen LogP contribution in [0.25, 0.3) is 0 Å². The van der Waals surface area contributed by atoms with Crippen LogP contribution in [0.15, 0.2) is 30.3 Å². The van der Waals surface area contributed by atoms with Crippen LogP contribution in [-0.4, -0.2) is 11.1 Å². The monoisotopic (exact) mass is 189 g/mol. The van der Waals surface area contributed by atoms with Crippen LogP contribution in [0.1, 0.15) is 18.4 Å². The van der Waals surface area contributed by atoms with Gasteiger partial charge in [-0.15, -0.1) is 0 Å². The van der Waals surface area contributed by atoms with Crippen molar-refractivity contribution in [3.8, 4) is 6.07 Å². The van der Waals surface area contributed by atoms with Gasteiger partial charge in [-0.05, 0) is 25.0 Å². The molecule has 1 saturated carbocycles. The molecule has 3 heteroatoms. The van der Waals surface area contributed by atoms with Gasteiger partial charge < -0.3 is 5.11 Å². The fourth-order valence-corrected chi connectivity index (χ4v) is 0.843. The van der Waals surface area contributed by atoms with Gasteiger partial charge in [-0.3, -0.25) is 4.79 Å². The first-order valence-electron chi connectivity index (χ1n) is 4.42. The minimum atomic E-state index is -0.630. The molecule has 3 nitrogen and oxygen atoms in total. The smallest absolute Gasteiger partial charge is 0.306 e. The second-order valence-electron chi connectivity index (χ2n) is 3.09. The van der Waals surface area contributed by atoms with Crippen molar-refractivity contribution in [3.63, 3.8) is 0 Å². The van der Waals surface area contributed by atoms with Crippen LogP contribution in [0, 0.1) is 17.2 Å². The molecule has 14 heavy (non-hydrogen) atoms. The van der Waals surface area contributed by atoms with Crippen LogP contribution in [0.4, 0.5) is 0 Å². The number of rotatable bonds is 1. The predicted molar refractivity (Wildman–Crippen MR) is 51.5 cm³/mol. The standard InChI is InChI=1S/C7H5N.C4H6O2/c8-6-7-4-2-1-3-5-7;5-4(6)3-1-2-3/h1-5H;3H,1-2H2,(H,5,6). The Morgan fingerprint density at radius 3 is 2.14 bits per heavy atom. The molecule has 1 aliphatic carbocycles. The van der Waals surface area contributed by atoms with Gasteiger partial charge in [0.1, 0.15) is 0 Å². The van der Waals surface area contributed by atoms with E-state index in [0.29, 0.717) is 5.56 Å². The molecule has 0 bridgehead atoms. The zero-order chi connectivity index (χ0) is 10.4. The third kappa shape index (κ3) is 3.72. The van der Waals surface area contributed by atoms with Crippen molar-refractivity contribution in [1.29, 1.82) is 5.26 Å². The van der Waals surface area contributed by atoms with E-state index in [0.717, 1.165) is 12.8 Å². The Kier molecular flexibility index (Phi) is 3.69. The fourth-order valence-electron chi connectivity index (χ4n) is 0.843. The summed E-state index contributed by atoms with van der Waals surface area (Å²) in [4.78, 5) is 9.76. The van der Waals surface area contributed by atoms with E-state index in [1.54, 1.807) is 12.1 Å². The molecule has 0 unspecified atom stereocenters. The lowest BCUT2D eigenvalue weighted by Gasteiger charge is -1.80. The van der Waals surface area contributed by atoms with Gasteiger partial charge >= 0.3 is 5.97 Å². The molecule has 0 saturated heterocycles. The molecule has 0 spiro atoms. The van der Waals surface area contributed by atoms with Crippen LogP contribution < -0.4 is 0 Å². The van der Waals surface area contributed by atoms with Crippen molar-refractivity contribution in [2.24, 2.45) is 5.92 Å². The summed E-state index contributed by atoms with van der Waals surface area (Å²) in [5, 5.41) is 16.3. The van der Waals surface area contributed by atoms with Crippen LogP contribution >= 0.6 is 0 Å². The summed E-state index contributed by atoms with van der Waals surface area (Å²) >= 11 is 0. The van der Waals surface area contributed by atoms with Gasteiger partial charge in [-0.25, -0.2) is 0 Å². The Morgan fingerprint density at radius 2 is 1.93 bits per heavy atom. The van der Waals surface area contributed by atoms with Gasteiger partial charge in [0, 0.05) is 0 Å². The maximum atomic E-state index is 9.76. The Bertz CT molecular complexity index is 336. The lowest BCUT2D eigenvalue weighted by molar-refractivity contribution is -0.138. The van der Waals surface area contributed by atoms with Gasteiger partial charge in [-0.1, -0.05) is 18.2 Å². The molecule has 1 N–H and O–H groups in total. The van der Waals surface area contributed by atoms with Crippen molar-refractivity contribution >= 4 is 5.97 Å². The van der Waals surface area contributed by atoms with E-state index in [1.165, 1.54) is 0 Å². The summed E-state index contributed by atoms with van der Waals surface area (Å²) in [6.45, 7) is 0. The number of hydrogen-bond donors (Lipinski definition) is 1. The summed E-state index contributed by atoms with van der Waals surface area (Å²) < 4.78 is 0. The number of aliphatic carboxylic acids is 1. The summed E-state index contributed by atoms with van der Waals surface area (Å²) in [6.07, 6.45) is 1.80. The van der Waals surface area contributed by atoms with Crippen molar-refractivity contribution in [2.45, 2.75) is 12.8 Å². The topological polar surface area (TPSA) is 61.1 Å². The Labute approximate surface area is 82.6 Å². The highest BCUT2D eigenvalue weighted by atomic mass is 16.4. The lowest BCUT2D eigenvalue weighted by Crippen LogP contribution is -1.94. The molecule has 0 atom stereocenters. The van der Waals surface area contributed by atoms with Crippen molar-refractivity contribution in [1.82, 2.24) is 0 Å². The van der Waals surface area contributed by atoms with Gasteiger partial charge in [0.05, 0.1) is 17.6 Å². The number of carbonyl (C=O) groups is 1.